The highest BCUT2D eigenvalue weighted by molar-refractivity contribution is 6.42. The number of hydrogen-bond acceptors (Lipinski definition) is 2. The van der Waals surface area contributed by atoms with Crippen molar-refractivity contribution in [3.63, 3.8) is 0 Å². The minimum atomic E-state index is -0.920. The fraction of sp³-hybridized carbons (Fsp3) is 0.0833. The fourth-order valence-electron chi connectivity index (χ4n) is 1.51. The van der Waals surface area contributed by atoms with Gasteiger partial charge in [-0.1, -0.05) is 46.9 Å². The van der Waals surface area contributed by atoms with Gasteiger partial charge in [0.2, 0.25) is 0 Å². The molecule has 0 amide bonds. The molecule has 2 nitrogen and oxygen atoms in total. The molecule has 0 aliphatic carbocycles. The molecule has 1 heterocycles. The zero-order valence-corrected chi connectivity index (χ0v) is 10.8. The molecule has 0 radical (unpaired) electrons. The Balaban J connectivity index is 2.48. The van der Waals surface area contributed by atoms with Gasteiger partial charge in [-0.2, -0.15) is 0 Å². The molecule has 5 heteroatoms. The number of aliphatic hydroxyl groups excluding tert-OH is 1. The zero-order valence-electron chi connectivity index (χ0n) is 8.57. The second kappa shape index (κ2) is 5.23. The Morgan fingerprint density at radius 1 is 1.00 bits per heavy atom. The fourth-order valence-corrected chi connectivity index (χ4v) is 2.14. The van der Waals surface area contributed by atoms with Crippen molar-refractivity contribution in [2.24, 2.45) is 0 Å². The monoisotopic (exact) mass is 287 g/mol. The van der Waals surface area contributed by atoms with Gasteiger partial charge in [-0.3, -0.25) is 4.98 Å². The highest BCUT2D eigenvalue weighted by atomic mass is 35.5. The van der Waals surface area contributed by atoms with Crippen molar-refractivity contribution in [1.82, 2.24) is 4.98 Å². The van der Waals surface area contributed by atoms with E-state index in [4.69, 9.17) is 34.8 Å². The summed E-state index contributed by atoms with van der Waals surface area (Å²) in [6.45, 7) is 0. The highest BCUT2D eigenvalue weighted by Gasteiger charge is 2.17. The van der Waals surface area contributed by atoms with Crippen molar-refractivity contribution in [2.75, 3.05) is 0 Å². The molecule has 0 saturated heterocycles. The van der Waals surface area contributed by atoms with Gasteiger partial charge < -0.3 is 5.11 Å². The molecule has 0 saturated carbocycles. The molecule has 1 atom stereocenters. The minimum absolute atomic E-state index is 0.328. The second-order valence-corrected chi connectivity index (χ2v) is 4.64. The molecule has 88 valence electrons. The first-order valence-corrected chi connectivity index (χ1v) is 5.96. The van der Waals surface area contributed by atoms with E-state index in [0.29, 0.717) is 26.2 Å². The van der Waals surface area contributed by atoms with Gasteiger partial charge in [-0.05, 0) is 12.1 Å². The molecule has 0 aliphatic heterocycles. The Bertz CT molecular complexity index is 545. The van der Waals surface area contributed by atoms with Crippen LogP contribution in [-0.2, 0) is 0 Å². The van der Waals surface area contributed by atoms with E-state index in [-0.39, 0.29) is 0 Å². The molecule has 0 fully saturated rings. The molecular weight excluding hydrogens is 280 g/mol. The predicted octanol–water partition coefficient (Wildman–Crippen LogP) is 4.12. The van der Waals surface area contributed by atoms with Crippen LogP contribution in [0.3, 0.4) is 0 Å². The summed E-state index contributed by atoms with van der Waals surface area (Å²) >= 11 is 17.9. The summed E-state index contributed by atoms with van der Waals surface area (Å²) in [4.78, 5) is 3.86. The summed E-state index contributed by atoms with van der Waals surface area (Å²) in [5, 5.41) is 11.3. The SMILES string of the molecule is OC(c1ccncc1Cl)c1cccc(Cl)c1Cl. The molecule has 2 aromatic rings. The number of pyridine rings is 1. The van der Waals surface area contributed by atoms with Crippen LogP contribution < -0.4 is 0 Å². The van der Waals surface area contributed by atoms with Crippen molar-refractivity contribution in [3.05, 3.63) is 62.9 Å². The predicted molar refractivity (Wildman–Crippen MR) is 69.8 cm³/mol. The number of halogens is 3. The van der Waals surface area contributed by atoms with Crippen LogP contribution in [0.4, 0.5) is 0 Å². The maximum Gasteiger partial charge on any atom is 0.107 e. The summed E-state index contributed by atoms with van der Waals surface area (Å²) in [5.74, 6) is 0. The van der Waals surface area contributed by atoms with Gasteiger partial charge in [0.1, 0.15) is 6.10 Å². The normalized spacial score (nSPS) is 12.5. The van der Waals surface area contributed by atoms with Crippen LogP contribution in [0.5, 0.6) is 0 Å². The molecule has 0 bridgehead atoms. The molecule has 17 heavy (non-hydrogen) atoms. The summed E-state index contributed by atoms with van der Waals surface area (Å²) < 4.78 is 0. The minimum Gasteiger partial charge on any atom is -0.384 e. The second-order valence-electron chi connectivity index (χ2n) is 3.44. The lowest BCUT2D eigenvalue weighted by Crippen LogP contribution is -2.01. The molecule has 2 rings (SSSR count). The van der Waals surface area contributed by atoms with Crippen LogP contribution in [0.1, 0.15) is 17.2 Å². The van der Waals surface area contributed by atoms with Gasteiger partial charge in [0.05, 0.1) is 15.1 Å². The quantitative estimate of drug-likeness (QED) is 0.901. The summed E-state index contributed by atoms with van der Waals surface area (Å²) in [6, 6.07) is 6.73. The van der Waals surface area contributed by atoms with Crippen LogP contribution in [-0.4, -0.2) is 10.1 Å². The summed E-state index contributed by atoms with van der Waals surface area (Å²) in [5.41, 5.74) is 1.07. The molecule has 1 aromatic carbocycles. The molecular formula is C12H8Cl3NO. The Morgan fingerprint density at radius 2 is 1.76 bits per heavy atom. The maximum atomic E-state index is 10.2. The van der Waals surface area contributed by atoms with Crippen molar-refractivity contribution in [2.45, 2.75) is 6.10 Å². The van der Waals surface area contributed by atoms with E-state index in [0.717, 1.165) is 0 Å². The molecule has 1 aromatic heterocycles. The Kier molecular flexibility index (Phi) is 3.89. The Hall–Kier alpha value is -0.800. The van der Waals surface area contributed by atoms with Gasteiger partial charge in [0.25, 0.3) is 0 Å². The van der Waals surface area contributed by atoms with Crippen LogP contribution in [0.2, 0.25) is 15.1 Å². The topological polar surface area (TPSA) is 33.1 Å². The smallest absolute Gasteiger partial charge is 0.107 e. The van der Waals surface area contributed by atoms with Crippen LogP contribution in [0.15, 0.2) is 36.7 Å². The third-order valence-corrected chi connectivity index (χ3v) is 3.52. The number of aliphatic hydroxyl groups is 1. The number of benzene rings is 1. The number of hydrogen-bond donors (Lipinski definition) is 1. The van der Waals surface area contributed by atoms with Crippen molar-refractivity contribution in [3.8, 4) is 0 Å². The van der Waals surface area contributed by atoms with E-state index in [1.165, 1.54) is 6.20 Å². The average molecular weight is 289 g/mol. The van der Waals surface area contributed by atoms with Gasteiger partial charge in [-0.25, -0.2) is 0 Å². The van der Waals surface area contributed by atoms with Crippen molar-refractivity contribution >= 4 is 34.8 Å². The van der Waals surface area contributed by atoms with Crippen LogP contribution in [0, 0.1) is 0 Å². The van der Waals surface area contributed by atoms with Gasteiger partial charge >= 0.3 is 0 Å². The zero-order chi connectivity index (χ0) is 12.4. The summed E-state index contributed by atoms with van der Waals surface area (Å²) in [6.07, 6.45) is 2.11. The molecule has 0 aliphatic rings. The largest absolute Gasteiger partial charge is 0.384 e. The third-order valence-electron chi connectivity index (χ3n) is 2.37. The van der Waals surface area contributed by atoms with E-state index < -0.39 is 6.10 Å². The molecule has 0 spiro atoms. The van der Waals surface area contributed by atoms with Gasteiger partial charge in [0, 0.05) is 23.5 Å². The highest BCUT2D eigenvalue weighted by Crippen LogP contribution is 2.34. The van der Waals surface area contributed by atoms with E-state index in [1.54, 1.807) is 30.5 Å². The van der Waals surface area contributed by atoms with E-state index in [2.05, 4.69) is 4.98 Å². The number of nitrogens with zero attached hydrogens (tertiary/aromatic N) is 1. The Morgan fingerprint density at radius 3 is 2.47 bits per heavy atom. The Labute approximate surface area is 114 Å². The lowest BCUT2D eigenvalue weighted by atomic mass is 10.0. The standard InChI is InChI=1S/C12H8Cl3NO/c13-9-3-1-2-8(11(9)15)12(17)7-4-5-16-6-10(7)14/h1-6,12,17H. The first-order valence-electron chi connectivity index (χ1n) is 4.82. The number of aromatic nitrogens is 1. The van der Waals surface area contributed by atoms with Crippen LogP contribution >= 0.6 is 34.8 Å². The first kappa shape index (κ1) is 12.7. The van der Waals surface area contributed by atoms with Gasteiger partial charge in [-0.15, -0.1) is 0 Å². The van der Waals surface area contributed by atoms with Gasteiger partial charge in [0.15, 0.2) is 0 Å². The van der Waals surface area contributed by atoms with E-state index in [9.17, 15) is 5.11 Å². The van der Waals surface area contributed by atoms with E-state index >= 15 is 0 Å². The molecule has 1 N–H and O–H groups in total. The lowest BCUT2D eigenvalue weighted by molar-refractivity contribution is 0.220. The lowest BCUT2D eigenvalue weighted by Gasteiger charge is -2.14. The summed E-state index contributed by atoms with van der Waals surface area (Å²) in [7, 11) is 0. The third kappa shape index (κ3) is 2.55. The van der Waals surface area contributed by atoms with Crippen molar-refractivity contribution in [1.29, 1.82) is 0 Å². The maximum absolute atomic E-state index is 10.2. The average Bonchev–Trinajstić information content (AvgIpc) is 2.32. The number of rotatable bonds is 2. The van der Waals surface area contributed by atoms with E-state index in [1.807, 2.05) is 0 Å². The van der Waals surface area contributed by atoms with Crippen molar-refractivity contribution < 1.29 is 5.11 Å². The first-order chi connectivity index (χ1) is 8.11. The molecule has 1 unspecified atom stereocenters. The van der Waals surface area contributed by atoms with Crippen LogP contribution in [0.25, 0.3) is 0 Å².